The molecule has 0 aliphatic heterocycles. The molecule has 0 radical (unpaired) electrons. The molecule has 3 unspecified atom stereocenters. The first-order valence-electron chi connectivity index (χ1n) is 8.49. The molecule has 128 valence electrons. The highest BCUT2D eigenvalue weighted by Crippen LogP contribution is 2.37. The fraction of sp³-hybridized carbons (Fsp3) is 0.938. The summed E-state index contributed by atoms with van der Waals surface area (Å²) in [5.41, 5.74) is 5.95. The third-order valence-corrected chi connectivity index (χ3v) is 5.13. The Kier molecular flexibility index (Phi) is 6.12. The first-order chi connectivity index (χ1) is 10.4. The van der Waals surface area contributed by atoms with E-state index in [0.717, 1.165) is 12.8 Å². The lowest BCUT2D eigenvalue weighted by molar-refractivity contribution is -0.184. The lowest BCUT2D eigenvalue weighted by Crippen LogP contribution is -2.48. The van der Waals surface area contributed by atoms with E-state index in [2.05, 4.69) is 5.32 Å². The number of nitrogens with one attached hydrogen (secondary N) is 1. The smallest absolute Gasteiger partial charge is 0.352 e. The predicted octanol–water partition coefficient (Wildman–Crippen LogP) is 3.52. The molecule has 0 aromatic heterocycles. The van der Waals surface area contributed by atoms with E-state index < -0.39 is 18.1 Å². The number of hydrogen-bond acceptors (Lipinski definition) is 2. The number of carbonyl (C=O) groups is 1. The van der Waals surface area contributed by atoms with Gasteiger partial charge in [0.15, 0.2) is 0 Å². The van der Waals surface area contributed by atoms with Gasteiger partial charge in [-0.05, 0) is 31.6 Å². The Morgan fingerprint density at radius 1 is 1.09 bits per heavy atom. The summed E-state index contributed by atoms with van der Waals surface area (Å²) in [6, 6.07) is -0.973. The maximum atomic E-state index is 12.8. The zero-order chi connectivity index (χ0) is 16.2. The molecule has 2 saturated carbocycles. The van der Waals surface area contributed by atoms with E-state index in [1.807, 2.05) is 0 Å². The SMILES string of the molecule is NC(CC1CCCCC1)C(=O)NC1CCCC(C(F)(F)F)C1. The molecule has 1 amide bonds. The van der Waals surface area contributed by atoms with Crippen molar-refractivity contribution in [2.75, 3.05) is 0 Å². The third kappa shape index (κ3) is 5.14. The van der Waals surface area contributed by atoms with Crippen molar-refractivity contribution in [3.05, 3.63) is 0 Å². The summed E-state index contributed by atoms with van der Waals surface area (Å²) in [5.74, 6) is -1.08. The average molecular weight is 320 g/mol. The van der Waals surface area contributed by atoms with E-state index in [9.17, 15) is 18.0 Å². The third-order valence-electron chi connectivity index (χ3n) is 5.13. The van der Waals surface area contributed by atoms with Gasteiger partial charge in [0.2, 0.25) is 5.91 Å². The molecule has 0 spiro atoms. The van der Waals surface area contributed by atoms with Crippen molar-refractivity contribution in [1.29, 1.82) is 0 Å². The van der Waals surface area contributed by atoms with E-state index in [-0.39, 0.29) is 24.8 Å². The van der Waals surface area contributed by atoms with Crippen molar-refractivity contribution in [2.45, 2.75) is 82.5 Å². The second-order valence-electron chi connectivity index (χ2n) is 6.96. The topological polar surface area (TPSA) is 55.1 Å². The van der Waals surface area contributed by atoms with Crippen LogP contribution in [-0.4, -0.2) is 24.2 Å². The molecule has 22 heavy (non-hydrogen) atoms. The molecule has 2 fully saturated rings. The van der Waals surface area contributed by atoms with Crippen LogP contribution in [0.3, 0.4) is 0 Å². The monoisotopic (exact) mass is 320 g/mol. The van der Waals surface area contributed by atoms with Crippen molar-refractivity contribution in [2.24, 2.45) is 17.6 Å². The molecule has 2 rings (SSSR count). The molecule has 3 N–H and O–H groups in total. The quantitative estimate of drug-likeness (QED) is 0.832. The summed E-state index contributed by atoms with van der Waals surface area (Å²) < 4.78 is 38.3. The Morgan fingerprint density at radius 3 is 2.41 bits per heavy atom. The minimum absolute atomic E-state index is 0.00854. The molecule has 0 bridgehead atoms. The van der Waals surface area contributed by atoms with Crippen molar-refractivity contribution in [3.63, 3.8) is 0 Å². The largest absolute Gasteiger partial charge is 0.391 e. The van der Waals surface area contributed by atoms with Gasteiger partial charge < -0.3 is 11.1 Å². The van der Waals surface area contributed by atoms with Crippen LogP contribution in [0.4, 0.5) is 13.2 Å². The second kappa shape index (κ2) is 7.66. The van der Waals surface area contributed by atoms with E-state index in [4.69, 9.17) is 5.73 Å². The van der Waals surface area contributed by atoms with Crippen LogP contribution in [0.5, 0.6) is 0 Å². The molecule has 6 heteroatoms. The van der Waals surface area contributed by atoms with Gasteiger partial charge in [-0.1, -0.05) is 38.5 Å². The van der Waals surface area contributed by atoms with E-state index in [0.29, 0.717) is 25.2 Å². The summed E-state index contributed by atoms with van der Waals surface area (Å²) in [4.78, 5) is 12.1. The van der Waals surface area contributed by atoms with Crippen LogP contribution in [0.1, 0.15) is 64.2 Å². The van der Waals surface area contributed by atoms with Gasteiger partial charge in [-0.3, -0.25) is 4.79 Å². The van der Waals surface area contributed by atoms with Crippen LogP contribution in [0.15, 0.2) is 0 Å². The number of amides is 1. The van der Waals surface area contributed by atoms with Gasteiger partial charge in [0, 0.05) is 6.04 Å². The molecule has 2 aliphatic rings. The summed E-state index contributed by atoms with van der Waals surface area (Å²) in [6.07, 6.45) is 3.63. The Hall–Kier alpha value is -0.780. The summed E-state index contributed by atoms with van der Waals surface area (Å²) in [7, 11) is 0. The highest BCUT2D eigenvalue weighted by atomic mass is 19.4. The van der Waals surface area contributed by atoms with Crippen LogP contribution >= 0.6 is 0 Å². The molecule has 0 aromatic carbocycles. The lowest BCUT2D eigenvalue weighted by Gasteiger charge is -2.32. The number of halogens is 3. The van der Waals surface area contributed by atoms with Crippen LogP contribution in [0, 0.1) is 11.8 Å². The first kappa shape index (κ1) is 17.6. The van der Waals surface area contributed by atoms with Crippen LogP contribution in [0.2, 0.25) is 0 Å². The fourth-order valence-electron chi connectivity index (χ4n) is 3.82. The van der Waals surface area contributed by atoms with Crippen molar-refractivity contribution in [1.82, 2.24) is 5.32 Å². The first-order valence-corrected chi connectivity index (χ1v) is 8.49. The molecule has 2 aliphatic carbocycles. The number of carbonyl (C=O) groups excluding carboxylic acids is 1. The van der Waals surface area contributed by atoms with Gasteiger partial charge in [-0.15, -0.1) is 0 Å². The summed E-state index contributed by atoms with van der Waals surface area (Å²) in [5, 5.41) is 2.75. The van der Waals surface area contributed by atoms with Crippen LogP contribution in [-0.2, 0) is 4.79 Å². The molecule has 0 aromatic rings. The zero-order valence-electron chi connectivity index (χ0n) is 13.0. The Balaban J connectivity index is 1.77. The number of alkyl halides is 3. The molecule has 3 nitrogen and oxygen atoms in total. The van der Waals surface area contributed by atoms with E-state index >= 15 is 0 Å². The van der Waals surface area contributed by atoms with Crippen molar-refractivity contribution < 1.29 is 18.0 Å². The highest BCUT2D eigenvalue weighted by Gasteiger charge is 2.42. The Morgan fingerprint density at radius 2 is 1.77 bits per heavy atom. The van der Waals surface area contributed by atoms with Gasteiger partial charge in [-0.25, -0.2) is 0 Å². The molecule has 3 atom stereocenters. The van der Waals surface area contributed by atoms with Crippen LogP contribution < -0.4 is 11.1 Å². The molecule has 0 heterocycles. The molecular formula is C16H27F3N2O. The average Bonchev–Trinajstić information content (AvgIpc) is 2.47. The number of nitrogens with two attached hydrogens (primary N) is 1. The zero-order valence-corrected chi connectivity index (χ0v) is 13.0. The summed E-state index contributed by atoms with van der Waals surface area (Å²) >= 11 is 0. The maximum absolute atomic E-state index is 12.8. The maximum Gasteiger partial charge on any atom is 0.391 e. The van der Waals surface area contributed by atoms with Crippen molar-refractivity contribution in [3.8, 4) is 0 Å². The highest BCUT2D eigenvalue weighted by molar-refractivity contribution is 5.81. The van der Waals surface area contributed by atoms with Crippen molar-refractivity contribution >= 4 is 5.91 Å². The van der Waals surface area contributed by atoms with Gasteiger partial charge in [-0.2, -0.15) is 13.2 Å². The Bertz CT molecular complexity index is 367. The lowest BCUT2D eigenvalue weighted by atomic mass is 9.84. The van der Waals surface area contributed by atoms with E-state index in [1.165, 1.54) is 19.3 Å². The van der Waals surface area contributed by atoms with E-state index in [1.54, 1.807) is 0 Å². The van der Waals surface area contributed by atoms with Gasteiger partial charge >= 0.3 is 6.18 Å². The minimum Gasteiger partial charge on any atom is -0.352 e. The van der Waals surface area contributed by atoms with Crippen LogP contribution in [0.25, 0.3) is 0 Å². The molecular weight excluding hydrogens is 293 g/mol. The minimum atomic E-state index is -4.16. The second-order valence-corrected chi connectivity index (χ2v) is 6.96. The van der Waals surface area contributed by atoms with Gasteiger partial charge in [0.1, 0.15) is 0 Å². The molecule has 0 saturated heterocycles. The number of hydrogen-bond donors (Lipinski definition) is 2. The normalized spacial score (nSPS) is 29.1. The predicted molar refractivity (Wildman–Crippen MR) is 79.1 cm³/mol. The standard InChI is InChI=1S/C16H27F3N2O/c17-16(18,19)12-7-4-8-13(10-12)21-15(22)14(20)9-11-5-2-1-3-6-11/h11-14H,1-10,20H2,(H,21,22). The number of rotatable bonds is 4. The van der Waals surface area contributed by atoms with Gasteiger partial charge in [0.05, 0.1) is 12.0 Å². The van der Waals surface area contributed by atoms with Gasteiger partial charge in [0.25, 0.3) is 0 Å². The fourth-order valence-corrected chi connectivity index (χ4v) is 3.82. The summed E-state index contributed by atoms with van der Waals surface area (Å²) in [6.45, 7) is 0. The Labute approximate surface area is 130 Å².